The number of nitrogens with two attached hydrogens (primary N) is 1. The van der Waals surface area contributed by atoms with Gasteiger partial charge in [0.1, 0.15) is 0 Å². The van der Waals surface area contributed by atoms with Gasteiger partial charge in [0.05, 0.1) is 10.6 Å². The SMILES string of the molecule is N[C@H]1CCCN(C(=O)c2cccc(CS(=O)(=O)c3ccccc3)c2)C1. The van der Waals surface area contributed by atoms with Crippen molar-refractivity contribution < 1.29 is 13.2 Å². The van der Waals surface area contributed by atoms with E-state index in [4.69, 9.17) is 5.73 Å². The summed E-state index contributed by atoms with van der Waals surface area (Å²) in [5, 5.41) is 0. The molecule has 0 bridgehead atoms. The predicted molar refractivity (Wildman–Crippen MR) is 96.9 cm³/mol. The maximum absolute atomic E-state index is 12.7. The average molecular weight is 358 g/mol. The molecule has 132 valence electrons. The van der Waals surface area contributed by atoms with Crippen LogP contribution in [0.2, 0.25) is 0 Å². The summed E-state index contributed by atoms with van der Waals surface area (Å²) in [6, 6.07) is 15.2. The van der Waals surface area contributed by atoms with E-state index in [9.17, 15) is 13.2 Å². The lowest BCUT2D eigenvalue weighted by atomic mass is 10.0. The van der Waals surface area contributed by atoms with Gasteiger partial charge in [0, 0.05) is 24.7 Å². The quantitative estimate of drug-likeness (QED) is 0.909. The second-order valence-corrected chi connectivity index (χ2v) is 8.42. The summed E-state index contributed by atoms with van der Waals surface area (Å²) in [6.45, 7) is 1.24. The van der Waals surface area contributed by atoms with E-state index in [-0.39, 0.29) is 22.6 Å². The standard InChI is InChI=1S/C19H22N2O3S/c20-17-8-5-11-21(13-17)19(22)16-7-4-6-15(12-16)14-25(23,24)18-9-2-1-3-10-18/h1-4,6-7,9-10,12,17H,5,8,11,13-14,20H2/t17-/m0/s1. The van der Waals surface area contributed by atoms with Crippen LogP contribution in [-0.4, -0.2) is 38.4 Å². The first-order valence-electron chi connectivity index (χ1n) is 8.37. The Balaban J connectivity index is 1.79. The normalized spacial score (nSPS) is 18.1. The summed E-state index contributed by atoms with van der Waals surface area (Å²) in [5.74, 6) is -0.216. The molecule has 0 saturated carbocycles. The Kier molecular flexibility index (Phi) is 5.20. The van der Waals surface area contributed by atoms with Crippen LogP contribution in [0.25, 0.3) is 0 Å². The fraction of sp³-hybridized carbons (Fsp3) is 0.316. The van der Waals surface area contributed by atoms with E-state index in [1.165, 1.54) is 0 Å². The van der Waals surface area contributed by atoms with Crippen molar-refractivity contribution in [1.82, 2.24) is 4.90 Å². The Hall–Kier alpha value is -2.18. The summed E-state index contributed by atoms with van der Waals surface area (Å²) in [4.78, 5) is 14.7. The first kappa shape index (κ1) is 17.6. The van der Waals surface area contributed by atoms with Gasteiger partial charge in [-0.1, -0.05) is 30.3 Å². The lowest BCUT2D eigenvalue weighted by Crippen LogP contribution is -2.45. The number of sulfone groups is 1. The van der Waals surface area contributed by atoms with Crippen molar-refractivity contribution in [3.8, 4) is 0 Å². The van der Waals surface area contributed by atoms with Crippen LogP contribution in [0.15, 0.2) is 59.5 Å². The minimum Gasteiger partial charge on any atom is -0.337 e. The molecule has 1 atom stereocenters. The molecular formula is C19H22N2O3S. The minimum absolute atomic E-state index is 0.0133. The second-order valence-electron chi connectivity index (χ2n) is 6.43. The Bertz CT molecular complexity index is 850. The van der Waals surface area contributed by atoms with Crippen molar-refractivity contribution in [2.75, 3.05) is 13.1 Å². The van der Waals surface area contributed by atoms with Gasteiger partial charge in [0.25, 0.3) is 5.91 Å². The number of carbonyl (C=O) groups is 1. The number of nitrogens with zero attached hydrogens (tertiary/aromatic N) is 1. The molecule has 6 heteroatoms. The van der Waals surface area contributed by atoms with Gasteiger partial charge in [-0.05, 0) is 42.7 Å². The molecule has 1 aliphatic rings. The molecular weight excluding hydrogens is 336 g/mol. The largest absolute Gasteiger partial charge is 0.337 e. The van der Waals surface area contributed by atoms with E-state index in [0.717, 1.165) is 12.8 Å². The van der Waals surface area contributed by atoms with E-state index in [0.29, 0.717) is 24.2 Å². The van der Waals surface area contributed by atoms with E-state index in [1.54, 1.807) is 59.5 Å². The Labute approximate surface area is 148 Å². The third-order valence-corrected chi connectivity index (χ3v) is 6.08. The van der Waals surface area contributed by atoms with Crippen LogP contribution in [-0.2, 0) is 15.6 Å². The molecule has 0 radical (unpaired) electrons. The molecule has 0 spiro atoms. The molecule has 0 aromatic heterocycles. The van der Waals surface area contributed by atoms with Crippen LogP contribution in [0.4, 0.5) is 0 Å². The van der Waals surface area contributed by atoms with Crippen molar-refractivity contribution in [2.45, 2.75) is 29.5 Å². The lowest BCUT2D eigenvalue weighted by molar-refractivity contribution is 0.0708. The van der Waals surface area contributed by atoms with E-state index < -0.39 is 9.84 Å². The molecule has 0 unspecified atom stereocenters. The topological polar surface area (TPSA) is 80.5 Å². The Morgan fingerprint density at radius 1 is 1.12 bits per heavy atom. The van der Waals surface area contributed by atoms with Gasteiger partial charge >= 0.3 is 0 Å². The van der Waals surface area contributed by atoms with E-state index in [1.807, 2.05) is 0 Å². The third kappa shape index (κ3) is 4.27. The van der Waals surface area contributed by atoms with Crippen molar-refractivity contribution in [3.63, 3.8) is 0 Å². The van der Waals surface area contributed by atoms with Gasteiger partial charge in [0.15, 0.2) is 9.84 Å². The highest BCUT2D eigenvalue weighted by Crippen LogP contribution is 2.18. The van der Waals surface area contributed by atoms with E-state index >= 15 is 0 Å². The summed E-state index contributed by atoms with van der Waals surface area (Å²) < 4.78 is 25.0. The number of hydrogen-bond acceptors (Lipinski definition) is 4. The van der Waals surface area contributed by atoms with Gasteiger partial charge in [-0.2, -0.15) is 0 Å². The minimum atomic E-state index is -3.43. The molecule has 1 heterocycles. The van der Waals surface area contributed by atoms with Gasteiger partial charge in [-0.15, -0.1) is 0 Å². The second kappa shape index (κ2) is 7.37. The summed E-state index contributed by atoms with van der Waals surface area (Å²) in [6.07, 6.45) is 1.83. The maximum Gasteiger partial charge on any atom is 0.253 e. The van der Waals surface area contributed by atoms with Crippen LogP contribution < -0.4 is 5.73 Å². The number of amides is 1. The zero-order valence-electron chi connectivity index (χ0n) is 14.0. The van der Waals surface area contributed by atoms with Crippen molar-refractivity contribution >= 4 is 15.7 Å². The highest BCUT2D eigenvalue weighted by molar-refractivity contribution is 7.90. The number of hydrogen-bond donors (Lipinski definition) is 1. The fourth-order valence-electron chi connectivity index (χ4n) is 3.10. The number of rotatable bonds is 4. The van der Waals surface area contributed by atoms with Gasteiger partial charge in [0.2, 0.25) is 0 Å². The Morgan fingerprint density at radius 2 is 1.88 bits per heavy atom. The molecule has 25 heavy (non-hydrogen) atoms. The summed E-state index contributed by atoms with van der Waals surface area (Å²) in [7, 11) is -3.43. The molecule has 2 aromatic rings. The molecule has 1 fully saturated rings. The monoisotopic (exact) mass is 358 g/mol. The lowest BCUT2D eigenvalue weighted by Gasteiger charge is -2.30. The van der Waals surface area contributed by atoms with Crippen LogP contribution in [0, 0.1) is 0 Å². The molecule has 2 N–H and O–H groups in total. The maximum atomic E-state index is 12.7. The summed E-state index contributed by atoms with van der Waals surface area (Å²) >= 11 is 0. The van der Waals surface area contributed by atoms with Crippen LogP contribution >= 0.6 is 0 Å². The van der Waals surface area contributed by atoms with Gasteiger partial charge in [-0.3, -0.25) is 4.79 Å². The molecule has 2 aromatic carbocycles. The smallest absolute Gasteiger partial charge is 0.253 e. The predicted octanol–water partition coefficient (Wildman–Crippen LogP) is 2.22. The van der Waals surface area contributed by atoms with Crippen molar-refractivity contribution in [3.05, 3.63) is 65.7 Å². The fourth-order valence-corrected chi connectivity index (χ4v) is 4.46. The Morgan fingerprint density at radius 3 is 2.60 bits per heavy atom. The number of benzene rings is 2. The molecule has 5 nitrogen and oxygen atoms in total. The van der Waals surface area contributed by atoms with E-state index in [2.05, 4.69) is 0 Å². The van der Waals surface area contributed by atoms with Gasteiger partial charge in [-0.25, -0.2) is 8.42 Å². The van der Waals surface area contributed by atoms with Gasteiger partial charge < -0.3 is 10.6 Å². The molecule has 0 aliphatic carbocycles. The highest BCUT2D eigenvalue weighted by atomic mass is 32.2. The number of piperidine rings is 1. The number of carbonyl (C=O) groups excluding carboxylic acids is 1. The molecule has 1 aliphatic heterocycles. The molecule has 1 saturated heterocycles. The van der Waals surface area contributed by atoms with Crippen molar-refractivity contribution in [1.29, 1.82) is 0 Å². The average Bonchev–Trinajstić information content (AvgIpc) is 2.62. The zero-order valence-corrected chi connectivity index (χ0v) is 14.8. The van der Waals surface area contributed by atoms with Crippen LogP contribution in [0.5, 0.6) is 0 Å². The van der Waals surface area contributed by atoms with Crippen molar-refractivity contribution in [2.24, 2.45) is 5.73 Å². The summed E-state index contributed by atoms with van der Waals surface area (Å²) in [5.41, 5.74) is 7.06. The highest BCUT2D eigenvalue weighted by Gasteiger charge is 2.23. The zero-order chi connectivity index (χ0) is 17.9. The third-order valence-electron chi connectivity index (χ3n) is 4.38. The number of likely N-dealkylation sites (tertiary alicyclic amines) is 1. The molecule has 3 rings (SSSR count). The van der Waals surface area contributed by atoms with Crippen LogP contribution in [0.1, 0.15) is 28.8 Å². The first-order valence-corrected chi connectivity index (χ1v) is 10.0. The first-order chi connectivity index (χ1) is 12.0. The van der Waals surface area contributed by atoms with Crippen LogP contribution in [0.3, 0.4) is 0 Å². The molecule has 1 amide bonds.